The van der Waals surface area contributed by atoms with E-state index in [1.54, 1.807) is 52.0 Å². The van der Waals surface area contributed by atoms with Crippen molar-refractivity contribution < 1.29 is 19.1 Å². The summed E-state index contributed by atoms with van der Waals surface area (Å²) in [5, 5.41) is 12.3. The smallest absolute Gasteiger partial charge is 0.307 e. The second-order valence-corrected chi connectivity index (χ2v) is 9.54. The van der Waals surface area contributed by atoms with Crippen molar-refractivity contribution in [3.8, 4) is 11.8 Å². The second kappa shape index (κ2) is 11.0. The molecule has 6 heteroatoms. The Balaban J connectivity index is 2.03. The van der Waals surface area contributed by atoms with Gasteiger partial charge in [0.05, 0.1) is 18.4 Å². The molecule has 33 heavy (non-hydrogen) atoms. The maximum Gasteiger partial charge on any atom is 0.307 e. The van der Waals surface area contributed by atoms with Crippen LogP contribution in [-0.2, 0) is 14.3 Å². The van der Waals surface area contributed by atoms with E-state index in [9.17, 15) is 14.9 Å². The molecule has 2 rings (SSSR count). The molecule has 1 N–H and O–H groups in total. The van der Waals surface area contributed by atoms with E-state index in [0.29, 0.717) is 17.0 Å². The lowest BCUT2D eigenvalue weighted by Crippen LogP contribution is -2.30. The fraction of sp³-hybridized carbons (Fsp3) is 0.444. The highest BCUT2D eigenvalue weighted by molar-refractivity contribution is 5.94. The largest absolute Gasteiger partial charge is 0.481 e. The summed E-state index contributed by atoms with van der Waals surface area (Å²) < 4.78 is 11.3. The SMILES string of the molecule is Cc1ccc(C(C)C)c(OC(C)C(=O)Nc2ccc(C(C#N)CC(=O)OC(C)(C)C)cc2)c1. The number of carbonyl (C=O) groups is 2. The zero-order valence-corrected chi connectivity index (χ0v) is 20.6. The summed E-state index contributed by atoms with van der Waals surface area (Å²) in [6, 6.07) is 15.1. The van der Waals surface area contributed by atoms with Gasteiger partial charge in [0.25, 0.3) is 5.91 Å². The van der Waals surface area contributed by atoms with Gasteiger partial charge in [-0.05, 0) is 75.4 Å². The van der Waals surface area contributed by atoms with E-state index in [0.717, 1.165) is 11.1 Å². The molecule has 0 aromatic heterocycles. The maximum atomic E-state index is 12.7. The van der Waals surface area contributed by atoms with Gasteiger partial charge in [-0.15, -0.1) is 0 Å². The van der Waals surface area contributed by atoms with Crippen LogP contribution in [0.25, 0.3) is 0 Å². The maximum absolute atomic E-state index is 12.7. The van der Waals surface area contributed by atoms with Crippen LogP contribution in [-0.4, -0.2) is 23.6 Å². The molecule has 2 atom stereocenters. The predicted octanol–water partition coefficient (Wildman–Crippen LogP) is 5.86. The van der Waals surface area contributed by atoms with Crippen molar-refractivity contribution in [3.63, 3.8) is 0 Å². The number of rotatable bonds is 8. The van der Waals surface area contributed by atoms with E-state index >= 15 is 0 Å². The number of benzene rings is 2. The summed E-state index contributed by atoms with van der Waals surface area (Å²) in [5.41, 5.74) is 2.79. The Bertz CT molecular complexity index is 1010. The number of carbonyl (C=O) groups excluding carboxylic acids is 2. The Morgan fingerprint density at radius 3 is 2.24 bits per heavy atom. The standard InChI is InChI=1S/C27H34N2O4/c1-17(2)23-13-8-18(3)14-24(23)32-19(4)26(31)29-22-11-9-20(10-12-22)21(16-28)15-25(30)33-27(5,6)7/h8-14,17,19,21H,15H2,1-7H3,(H,29,31). The third-order valence-corrected chi connectivity index (χ3v) is 4.99. The number of anilines is 1. The highest BCUT2D eigenvalue weighted by Gasteiger charge is 2.22. The van der Waals surface area contributed by atoms with E-state index in [1.807, 2.05) is 25.1 Å². The number of aryl methyl sites for hydroxylation is 1. The molecule has 0 fully saturated rings. The van der Waals surface area contributed by atoms with Crippen molar-refractivity contribution in [3.05, 3.63) is 59.2 Å². The molecule has 0 saturated heterocycles. The first-order valence-corrected chi connectivity index (χ1v) is 11.2. The van der Waals surface area contributed by atoms with Crippen LogP contribution in [0, 0.1) is 18.3 Å². The van der Waals surface area contributed by atoms with E-state index in [4.69, 9.17) is 9.47 Å². The quantitative estimate of drug-likeness (QED) is 0.509. The first-order valence-electron chi connectivity index (χ1n) is 11.2. The second-order valence-electron chi connectivity index (χ2n) is 9.54. The van der Waals surface area contributed by atoms with Gasteiger partial charge in [-0.1, -0.05) is 38.1 Å². The Morgan fingerprint density at radius 2 is 1.70 bits per heavy atom. The lowest BCUT2D eigenvalue weighted by molar-refractivity contribution is -0.155. The van der Waals surface area contributed by atoms with Crippen LogP contribution in [0.3, 0.4) is 0 Å². The first-order chi connectivity index (χ1) is 15.4. The molecule has 2 aromatic carbocycles. The third kappa shape index (κ3) is 7.94. The van der Waals surface area contributed by atoms with Gasteiger partial charge in [-0.25, -0.2) is 0 Å². The molecule has 0 radical (unpaired) electrons. The monoisotopic (exact) mass is 450 g/mol. The van der Waals surface area contributed by atoms with E-state index in [1.165, 1.54) is 0 Å². The zero-order chi connectivity index (χ0) is 24.8. The summed E-state index contributed by atoms with van der Waals surface area (Å²) in [4.78, 5) is 24.8. The summed E-state index contributed by atoms with van der Waals surface area (Å²) >= 11 is 0. The molecule has 6 nitrogen and oxygen atoms in total. The van der Waals surface area contributed by atoms with Gasteiger partial charge < -0.3 is 14.8 Å². The topological polar surface area (TPSA) is 88.4 Å². The summed E-state index contributed by atoms with van der Waals surface area (Å²) in [5.74, 6) is -0.333. The Morgan fingerprint density at radius 1 is 1.06 bits per heavy atom. The molecular formula is C27H34N2O4. The van der Waals surface area contributed by atoms with Crippen molar-refractivity contribution in [2.24, 2.45) is 0 Å². The van der Waals surface area contributed by atoms with E-state index in [2.05, 4.69) is 25.2 Å². The molecule has 0 saturated carbocycles. The van der Waals surface area contributed by atoms with Crippen LogP contribution in [0.2, 0.25) is 0 Å². The fourth-order valence-electron chi connectivity index (χ4n) is 3.30. The Kier molecular flexibility index (Phi) is 8.64. The molecule has 1 amide bonds. The number of nitrogens with one attached hydrogen (secondary N) is 1. The molecule has 0 spiro atoms. The third-order valence-electron chi connectivity index (χ3n) is 4.99. The van der Waals surface area contributed by atoms with E-state index < -0.39 is 23.6 Å². The average molecular weight is 451 g/mol. The molecule has 0 aliphatic heterocycles. The van der Waals surface area contributed by atoms with Crippen molar-refractivity contribution in [2.45, 2.75) is 78.4 Å². The summed E-state index contributed by atoms with van der Waals surface area (Å²) in [6.07, 6.45) is -0.720. The summed E-state index contributed by atoms with van der Waals surface area (Å²) in [6.45, 7) is 13.2. The Labute approximate surface area is 196 Å². The van der Waals surface area contributed by atoms with Crippen LogP contribution in [0.5, 0.6) is 5.75 Å². The van der Waals surface area contributed by atoms with E-state index in [-0.39, 0.29) is 18.2 Å². The van der Waals surface area contributed by atoms with Crippen LogP contribution in [0.4, 0.5) is 5.69 Å². The van der Waals surface area contributed by atoms with Gasteiger partial charge >= 0.3 is 5.97 Å². The lowest BCUT2D eigenvalue weighted by Gasteiger charge is -2.20. The molecule has 0 aliphatic rings. The van der Waals surface area contributed by atoms with Gasteiger partial charge in [0.2, 0.25) is 0 Å². The minimum absolute atomic E-state index is 0.0287. The van der Waals surface area contributed by atoms with Crippen LogP contribution in [0.15, 0.2) is 42.5 Å². The molecule has 0 heterocycles. The number of hydrogen-bond acceptors (Lipinski definition) is 5. The van der Waals surface area contributed by atoms with Gasteiger partial charge in [0, 0.05) is 5.69 Å². The first kappa shape index (κ1) is 25.9. The van der Waals surface area contributed by atoms with Gasteiger partial charge in [0.15, 0.2) is 6.10 Å². The van der Waals surface area contributed by atoms with Crippen LogP contribution < -0.4 is 10.1 Å². The highest BCUT2D eigenvalue weighted by atomic mass is 16.6. The average Bonchev–Trinajstić information content (AvgIpc) is 2.71. The molecule has 176 valence electrons. The fourth-order valence-corrected chi connectivity index (χ4v) is 3.30. The molecule has 0 aliphatic carbocycles. The number of hydrogen-bond donors (Lipinski definition) is 1. The minimum Gasteiger partial charge on any atom is -0.481 e. The molecule has 0 bridgehead atoms. The molecule has 2 unspecified atom stereocenters. The van der Waals surface area contributed by atoms with Gasteiger partial charge in [-0.2, -0.15) is 5.26 Å². The Hall–Kier alpha value is -3.33. The van der Waals surface area contributed by atoms with Crippen LogP contribution in [0.1, 0.15) is 76.5 Å². The zero-order valence-electron chi connectivity index (χ0n) is 20.6. The number of nitrogens with zero attached hydrogens (tertiary/aromatic N) is 1. The minimum atomic E-state index is -0.692. The number of esters is 1. The normalized spacial score (nSPS) is 13.1. The number of amides is 1. The van der Waals surface area contributed by atoms with Crippen molar-refractivity contribution >= 4 is 17.6 Å². The van der Waals surface area contributed by atoms with Crippen molar-refractivity contribution in [1.82, 2.24) is 0 Å². The molecule has 2 aromatic rings. The number of ether oxygens (including phenoxy) is 2. The van der Waals surface area contributed by atoms with Crippen LogP contribution >= 0.6 is 0 Å². The lowest BCUT2D eigenvalue weighted by atomic mass is 9.97. The van der Waals surface area contributed by atoms with Crippen molar-refractivity contribution in [1.29, 1.82) is 5.26 Å². The van der Waals surface area contributed by atoms with Crippen molar-refractivity contribution in [2.75, 3.05) is 5.32 Å². The molecular weight excluding hydrogens is 416 g/mol. The predicted molar refractivity (Wildman–Crippen MR) is 129 cm³/mol. The number of nitriles is 1. The van der Waals surface area contributed by atoms with Gasteiger partial charge in [-0.3, -0.25) is 9.59 Å². The summed E-state index contributed by atoms with van der Waals surface area (Å²) in [7, 11) is 0. The van der Waals surface area contributed by atoms with Gasteiger partial charge in [0.1, 0.15) is 11.4 Å². The highest BCUT2D eigenvalue weighted by Crippen LogP contribution is 2.29.